The van der Waals surface area contributed by atoms with Gasteiger partial charge in [-0.15, -0.1) is 0 Å². The molecule has 3 heteroatoms. The number of rotatable bonds is 10. The molecule has 0 fully saturated rings. The van der Waals surface area contributed by atoms with Gasteiger partial charge in [0.25, 0.3) is 0 Å². The summed E-state index contributed by atoms with van der Waals surface area (Å²) in [5, 5.41) is 0. The van der Waals surface area contributed by atoms with E-state index in [0.717, 1.165) is 42.4 Å². The van der Waals surface area contributed by atoms with Gasteiger partial charge < -0.3 is 9.47 Å². The van der Waals surface area contributed by atoms with Crippen molar-refractivity contribution in [2.45, 2.75) is 51.9 Å². The van der Waals surface area contributed by atoms with Crippen LogP contribution in [-0.4, -0.2) is 20.0 Å². The van der Waals surface area contributed by atoms with Crippen LogP contribution in [0.5, 0.6) is 11.5 Å². The molecule has 154 valence electrons. The van der Waals surface area contributed by atoms with Gasteiger partial charge in [-0.3, -0.25) is 4.79 Å². The molecular formula is C26H32O3. The van der Waals surface area contributed by atoms with E-state index in [2.05, 4.69) is 43.3 Å². The largest absolute Gasteiger partial charge is 0.493 e. The molecule has 3 rings (SSSR count). The molecule has 1 aliphatic carbocycles. The van der Waals surface area contributed by atoms with Crippen LogP contribution < -0.4 is 9.47 Å². The average molecular weight is 393 g/mol. The second-order valence-corrected chi connectivity index (χ2v) is 7.84. The van der Waals surface area contributed by atoms with Gasteiger partial charge in [0.05, 0.1) is 14.2 Å². The molecule has 1 unspecified atom stereocenters. The van der Waals surface area contributed by atoms with Gasteiger partial charge in [0, 0.05) is 17.6 Å². The first-order valence-corrected chi connectivity index (χ1v) is 10.7. The van der Waals surface area contributed by atoms with Crippen LogP contribution in [0, 0.1) is 5.92 Å². The standard InChI is InChI=1S/C26H32O3/c1-4-10-20(14-9-8-13-19-11-6-5-7-12-19)15-22-16-21-17-24(28-2)25(29-3)18-23(21)26(22)27/h5-7,11-12,15,17-18,20H,4,8-10,13-14,16H2,1-3H3. The minimum atomic E-state index is 0.145. The van der Waals surface area contributed by atoms with Gasteiger partial charge in [0.2, 0.25) is 0 Å². The second-order valence-electron chi connectivity index (χ2n) is 7.84. The summed E-state index contributed by atoms with van der Waals surface area (Å²) >= 11 is 0. The zero-order valence-electron chi connectivity index (χ0n) is 17.9. The Labute approximate surface area is 174 Å². The third-order valence-corrected chi connectivity index (χ3v) is 5.76. The smallest absolute Gasteiger partial charge is 0.189 e. The van der Waals surface area contributed by atoms with Gasteiger partial charge in [-0.2, -0.15) is 0 Å². The normalized spacial score (nSPS) is 15.4. The molecular weight excluding hydrogens is 360 g/mol. The Morgan fingerprint density at radius 1 is 1.00 bits per heavy atom. The Morgan fingerprint density at radius 2 is 1.72 bits per heavy atom. The van der Waals surface area contributed by atoms with Crippen LogP contribution in [0.4, 0.5) is 0 Å². The summed E-state index contributed by atoms with van der Waals surface area (Å²) in [7, 11) is 3.23. The van der Waals surface area contributed by atoms with Crippen molar-refractivity contribution in [2.75, 3.05) is 14.2 Å². The Hall–Kier alpha value is -2.55. The van der Waals surface area contributed by atoms with Crippen LogP contribution >= 0.6 is 0 Å². The van der Waals surface area contributed by atoms with Gasteiger partial charge in [-0.1, -0.05) is 56.2 Å². The van der Waals surface area contributed by atoms with Crippen molar-refractivity contribution in [1.29, 1.82) is 0 Å². The highest BCUT2D eigenvalue weighted by atomic mass is 16.5. The van der Waals surface area contributed by atoms with E-state index in [-0.39, 0.29) is 5.78 Å². The zero-order chi connectivity index (χ0) is 20.6. The number of carbonyl (C=O) groups excluding carboxylic acids is 1. The number of fused-ring (bicyclic) bond motifs is 1. The number of methoxy groups -OCH3 is 2. The lowest BCUT2D eigenvalue weighted by atomic mass is 9.92. The molecule has 1 aliphatic rings. The van der Waals surface area contributed by atoms with Crippen LogP contribution in [0.25, 0.3) is 0 Å². The maximum absolute atomic E-state index is 13.0. The highest BCUT2D eigenvalue weighted by Crippen LogP contribution is 2.37. The predicted octanol–water partition coefficient (Wildman–Crippen LogP) is 6.20. The van der Waals surface area contributed by atoms with Gasteiger partial charge in [0.1, 0.15) is 0 Å². The maximum Gasteiger partial charge on any atom is 0.189 e. The van der Waals surface area contributed by atoms with Crippen LogP contribution in [0.2, 0.25) is 0 Å². The van der Waals surface area contributed by atoms with E-state index >= 15 is 0 Å². The molecule has 0 aliphatic heterocycles. The van der Waals surface area contributed by atoms with Gasteiger partial charge >= 0.3 is 0 Å². The molecule has 29 heavy (non-hydrogen) atoms. The molecule has 2 aromatic carbocycles. The molecule has 0 saturated carbocycles. The van der Waals surface area contributed by atoms with Crippen molar-refractivity contribution in [2.24, 2.45) is 5.92 Å². The van der Waals surface area contributed by atoms with Crippen LogP contribution in [-0.2, 0) is 12.8 Å². The zero-order valence-corrected chi connectivity index (χ0v) is 17.9. The number of hydrogen-bond acceptors (Lipinski definition) is 3. The summed E-state index contributed by atoms with van der Waals surface area (Å²) in [6.07, 6.45) is 9.84. The van der Waals surface area contributed by atoms with Gasteiger partial charge in [0.15, 0.2) is 17.3 Å². The average Bonchev–Trinajstić information content (AvgIpc) is 3.05. The Bertz CT molecular complexity index is 852. The van der Waals surface area contributed by atoms with Crippen molar-refractivity contribution in [3.8, 4) is 11.5 Å². The summed E-state index contributed by atoms with van der Waals surface area (Å²) in [6.45, 7) is 2.22. The number of carbonyl (C=O) groups is 1. The van der Waals surface area contributed by atoms with Crippen molar-refractivity contribution >= 4 is 5.78 Å². The van der Waals surface area contributed by atoms with Gasteiger partial charge in [-0.05, 0) is 54.9 Å². The van der Waals surface area contributed by atoms with Crippen LogP contribution in [0.15, 0.2) is 54.1 Å². The first-order valence-electron chi connectivity index (χ1n) is 10.7. The van der Waals surface area contributed by atoms with E-state index in [1.807, 2.05) is 12.1 Å². The van der Waals surface area contributed by atoms with E-state index in [1.165, 1.54) is 18.4 Å². The van der Waals surface area contributed by atoms with E-state index in [1.54, 1.807) is 14.2 Å². The number of hydrogen-bond donors (Lipinski definition) is 0. The molecule has 1 atom stereocenters. The van der Waals surface area contributed by atoms with Gasteiger partial charge in [-0.25, -0.2) is 0 Å². The van der Waals surface area contributed by atoms with Crippen molar-refractivity contribution in [1.82, 2.24) is 0 Å². The lowest BCUT2D eigenvalue weighted by Gasteiger charge is -2.13. The van der Waals surface area contributed by atoms with E-state index in [4.69, 9.17) is 9.47 Å². The molecule has 0 N–H and O–H groups in total. The summed E-state index contributed by atoms with van der Waals surface area (Å²) in [6, 6.07) is 14.4. The van der Waals surface area contributed by atoms with Crippen molar-refractivity contribution in [3.63, 3.8) is 0 Å². The number of unbranched alkanes of at least 4 members (excludes halogenated alkanes) is 1. The van der Waals surface area contributed by atoms with Crippen LogP contribution in [0.3, 0.4) is 0 Å². The molecule has 0 aromatic heterocycles. The van der Waals surface area contributed by atoms with Crippen molar-refractivity contribution < 1.29 is 14.3 Å². The summed E-state index contributed by atoms with van der Waals surface area (Å²) in [5.74, 6) is 1.91. The Kier molecular flexibility index (Phi) is 7.51. The van der Waals surface area contributed by atoms with E-state index in [9.17, 15) is 4.79 Å². The Balaban J connectivity index is 1.64. The highest BCUT2D eigenvalue weighted by molar-refractivity contribution is 6.13. The molecule has 0 heterocycles. The lowest BCUT2D eigenvalue weighted by Crippen LogP contribution is -2.03. The predicted molar refractivity (Wildman–Crippen MR) is 118 cm³/mol. The molecule has 2 aromatic rings. The fourth-order valence-corrected chi connectivity index (χ4v) is 4.22. The van der Waals surface area contributed by atoms with Crippen molar-refractivity contribution in [3.05, 3.63) is 70.8 Å². The number of aryl methyl sites for hydroxylation is 1. The highest BCUT2D eigenvalue weighted by Gasteiger charge is 2.27. The maximum atomic E-state index is 13.0. The Morgan fingerprint density at radius 3 is 2.41 bits per heavy atom. The number of benzene rings is 2. The van der Waals surface area contributed by atoms with E-state index < -0.39 is 0 Å². The summed E-state index contributed by atoms with van der Waals surface area (Å²) in [4.78, 5) is 13.0. The molecule has 0 amide bonds. The molecule has 0 saturated heterocycles. The fourth-order valence-electron chi connectivity index (χ4n) is 4.22. The fraction of sp³-hybridized carbons (Fsp3) is 0.423. The summed E-state index contributed by atoms with van der Waals surface area (Å²) in [5.41, 5.74) is 4.13. The van der Waals surface area contributed by atoms with Crippen LogP contribution in [0.1, 0.15) is 60.5 Å². The lowest BCUT2D eigenvalue weighted by molar-refractivity contribution is 0.103. The minimum absolute atomic E-state index is 0.145. The second kappa shape index (κ2) is 10.3. The first kappa shape index (κ1) is 21.2. The third kappa shape index (κ3) is 5.29. The topological polar surface area (TPSA) is 35.5 Å². The summed E-state index contributed by atoms with van der Waals surface area (Å²) < 4.78 is 10.8. The number of Topliss-reactive ketones (excluding diaryl/α,β-unsaturated/α-hetero) is 1. The number of allylic oxidation sites excluding steroid dienone is 2. The molecule has 0 bridgehead atoms. The molecule has 0 radical (unpaired) electrons. The SMILES string of the molecule is CCCC(C=C1Cc2cc(OC)c(OC)cc2C1=O)CCCCc1ccccc1. The minimum Gasteiger partial charge on any atom is -0.493 e. The molecule has 0 spiro atoms. The third-order valence-electron chi connectivity index (χ3n) is 5.76. The molecule has 3 nitrogen and oxygen atoms in total. The quantitative estimate of drug-likeness (QED) is 0.357. The number of ketones is 1. The number of ether oxygens (including phenoxy) is 2. The van der Waals surface area contributed by atoms with E-state index in [0.29, 0.717) is 23.8 Å². The monoisotopic (exact) mass is 392 g/mol. The first-order chi connectivity index (χ1) is 14.2.